The lowest BCUT2D eigenvalue weighted by atomic mass is 10.4. The van der Waals surface area contributed by atoms with Gasteiger partial charge in [0.2, 0.25) is 0 Å². The summed E-state index contributed by atoms with van der Waals surface area (Å²) >= 11 is 3.90. The van der Waals surface area contributed by atoms with E-state index >= 15 is 0 Å². The Balaban J connectivity index is 1.87. The van der Waals surface area contributed by atoms with Gasteiger partial charge in [-0.25, -0.2) is 4.98 Å². The second kappa shape index (κ2) is 4.47. The van der Waals surface area contributed by atoms with Crippen LogP contribution in [0.25, 0.3) is 0 Å². The zero-order chi connectivity index (χ0) is 9.10. The lowest BCUT2D eigenvalue weighted by molar-refractivity contribution is 0.886. The Hall–Kier alpha value is -0.0200. The van der Waals surface area contributed by atoms with Gasteiger partial charge in [-0.05, 0) is 19.8 Å². The number of hydrogen-bond donors (Lipinski definition) is 0. The molecule has 0 bridgehead atoms. The fraction of sp³-hybridized carbons (Fsp3) is 0.700. The van der Waals surface area contributed by atoms with Crippen LogP contribution in [0.5, 0.6) is 0 Å². The van der Waals surface area contributed by atoms with Crippen LogP contribution in [0.3, 0.4) is 0 Å². The monoisotopic (exact) mass is 213 g/mol. The number of rotatable bonds is 3. The Morgan fingerprint density at radius 1 is 1.54 bits per heavy atom. The van der Waals surface area contributed by atoms with Crippen LogP contribution in [0.4, 0.5) is 0 Å². The largest absolute Gasteiger partial charge is 0.249 e. The Labute approximate surface area is 88.0 Å². The minimum atomic E-state index is 0.600. The van der Waals surface area contributed by atoms with Crippen molar-refractivity contribution in [3.8, 4) is 0 Å². The van der Waals surface area contributed by atoms with E-state index < -0.39 is 0 Å². The van der Waals surface area contributed by atoms with Crippen molar-refractivity contribution >= 4 is 23.1 Å². The second-order valence-corrected chi connectivity index (χ2v) is 6.13. The molecule has 2 rings (SSSR count). The zero-order valence-corrected chi connectivity index (χ0v) is 9.53. The summed E-state index contributed by atoms with van der Waals surface area (Å²) < 4.78 is 0. The molecule has 0 aromatic carbocycles. The second-order valence-electron chi connectivity index (χ2n) is 3.56. The predicted octanol–water partition coefficient (Wildman–Crippen LogP) is 3.88. The van der Waals surface area contributed by atoms with E-state index in [0.717, 1.165) is 5.25 Å². The summed E-state index contributed by atoms with van der Waals surface area (Å²) in [7, 11) is 0. The quantitative estimate of drug-likeness (QED) is 0.755. The number of hydrogen-bond acceptors (Lipinski definition) is 3. The highest BCUT2D eigenvalue weighted by Crippen LogP contribution is 2.39. The van der Waals surface area contributed by atoms with Crippen LogP contribution < -0.4 is 0 Å². The Morgan fingerprint density at radius 3 is 2.92 bits per heavy atom. The average molecular weight is 213 g/mol. The minimum Gasteiger partial charge on any atom is -0.249 e. The first-order valence-electron chi connectivity index (χ1n) is 4.91. The van der Waals surface area contributed by atoms with Crippen LogP contribution in [0.2, 0.25) is 0 Å². The molecule has 1 aliphatic rings. The molecule has 0 spiro atoms. The maximum Gasteiger partial charge on any atom is 0.105 e. The van der Waals surface area contributed by atoms with Gasteiger partial charge in [0.05, 0.1) is 5.25 Å². The number of thioether (sulfide) groups is 1. The molecule has 1 atom stereocenters. The number of aromatic nitrogens is 1. The highest BCUT2D eigenvalue weighted by Gasteiger charge is 2.19. The van der Waals surface area contributed by atoms with Crippen molar-refractivity contribution in [2.75, 3.05) is 0 Å². The van der Waals surface area contributed by atoms with E-state index in [1.54, 1.807) is 11.3 Å². The molecule has 72 valence electrons. The highest BCUT2D eigenvalue weighted by molar-refractivity contribution is 8.00. The summed E-state index contributed by atoms with van der Waals surface area (Å²) in [5, 5.41) is 4.86. The third-order valence-electron chi connectivity index (χ3n) is 2.50. The molecule has 0 saturated heterocycles. The predicted molar refractivity (Wildman–Crippen MR) is 60.4 cm³/mol. The Morgan fingerprint density at radius 2 is 2.31 bits per heavy atom. The molecule has 0 aliphatic heterocycles. The van der Waals surface area contributed by atoms with Gasteiger partial charge in [0.25, 0.3) is 0 Å². The fourth-order valence-electron chi connectivity index (χ4n) is 1.81. The minimum absolute atomic E-state index is 0.600. The van der Waals surface area contributed by atoms with Gasteiger partial charge < -0.3 is 0 Å². The SMILES string of the molecule is CC(SC1CCCC1)c1nccs1. The first-order chi connectivity index (χ1) is 6.36. The van der Waals surface area contributed by atoms with E-state index in [2.05, 4.69) is 29.0 Å². The van der Waals surface area contributed by atoms with Crippen molar-refractivity contribution in [3.63, 3.8) is 0 Å². The summed E-state index contributed by atoms with van der Waals surface area (Å²) in [6.07, 6.45) is 7.61. The van der Waals surface area contributed by atoms with E-state index in [0.29, 0.717) is 5.25 Å². The van der Waals surface area contributed by atoms with E-state index in [4.69, 9.17) is 0 Å². The van der Waals surface area contributed by atoms with Crippen LogP contribution in [0.15, 0.2) is 11.6 Å². The molecule has 0 radical (unpaired) electrons. The van der Waals surface area contributed by atoms with Crippen molar-refractivity contribution in [2.24, 2.45) is 0 Å². The molecule has 1 aromatic rings. The van der Waals surface area contributed by atoms with Gasteiger partial charge >= 0.3 is 0 Å². The maximum absolute atomic E-state index is 4.36. The molecule has 1 aliphatic carbocycles. The summed E-state index contributed by atoms with van der Waals surface area (Å²) in [6, 6.07) is 0. The lowest BCUT2D eigenvalue weighted by Crippen LogP contribution is -1.98. The van der Waals surface area contributed by atoms with Crippen LogP contribution in [-0.2, 0) is 0 Å². The first kappa shape index (κ1) is 9.53. The topological polar surface area (TPSA) is 12.9 Å². The highest BCUT2D eigenvalue weighted by atomic mass is 32.2. The smallest absolute Gasteiger partial charge is 0.105 e. The fourth-order valence-corrected chi connectivity index (χ4v) is 4.07. The van der Waals surface area contributed by atoms with Gasteiger partial charge in [0.1, 0.15) is 5.01 Å². The van der Waals surface area contributed by atoms with Gasteiger partial charge in [-0.3, -0.25) is 0 Å². The molecule has 1 aromatic heterocycles. The van der Waals surface area contributed by atoms with Gasteiger partial charge in [0, 0.05) is 16.8 Å². The molecule has 0 amide bonds. The van der Waals surface area contributed by atoms with Crippen LogP contribution >= 0.6 is 23.1 Å². The summed E-state index contributed by atoms with van der Waals surface area (Å²) in [6.45, 7) is 2.28. The maximum atomic E-state index is 4.36. The zero-order valence-electron chi connectivity index (χ0n) is 7.90. The molecular formula is C10H15NS2. The third kappa shape index (κ3) is 2.47. The summed E-state index contributed by atoms with van der Waals surface area (Å²) in [4.78, 5) is 4.36. The van der Waals surface area contributed by atoms with E-state index in [1.807, 2.05) is 6.20 Å². The van der Waals surface area contributed by atoms with Gasteiger partial charge in [-0.2, -0.15) is 0 Å². The third-order valence-corrected chi connectivity index (χ3v) is 5.09. The number of thiazole rings is 1. The molecule has 1 saturated carbocycles. The summed E-state index contributed by atoms with van der Waals surface area (Å²) in [5.41, 5.74) is 0. The number of nitrogens with zero attached hydrogens (tertiary/aromatic N) is 1. The van der Waals surface area contributed by atoms with Crippen LogP contribution in [0.1, 0.15) is 42.9 Å². The summed E-state index contributed by atoms with van der Waals surface area (Å²) in [5.74, 6) is 0. The van der Waals surface area contributed by atoms with E-state index in [9.17, 15) is 0 Å². The van der Waals surface area contributed by atoms with E-state index in [1.165, 1.54) is 30.7 Å². The van der Waals surface area contributed by atoms with Gasteiger partial charge in [-0.15, -0.1) is 23.1 Å². The molecule has 1 unspecified atom stereocenters. The Kier molecular flexibility index (Phi) is 3.28. The Bertz CT molecular complexity index is 239. The van der Waals surface area contributed by atoms with Gasteiger partial charge in [0.15, 0.2) is 0 Å². The molecule has 1 heterocycles. The average Bonchev–Trinajstić information content (AvgIpc) is 2.74. The molecule has 3 heteroatoms. The van der Waals surface area contributed by atoms with Crippen LogP contribution in [-0.4, -0.2) is 10.2 Å². The normalized spacial score (nSPS) is 20.7. The van der Waals surface area contributed by atoms with Gasteiger partial charge in [-0.1, -0.05) is 12.8 Å². The van der Waals surface area contributed by atoms with Crippen molar-refractivity contribution in [2.45, 2.75) is 43.1 Å². The van der Waals surface area contributed by atoms with Crippen molar-refractivity contribution in [1.29, 1.82) is 0 Å². The van der Waals surface area contributed by atoms with Crippen molar-refractivity contribution < 1.29 is 0 Å². The first-order valence-corrected chi connectivity index (χ1v) is 6.73. The van der Waals surface area contributed by atoms with Crippen molar-refractivity contribution in [3.05, 3.63) is 16.6 Å². The van der Waals surface area contributed by atoms with Crippen LogP contribution in [0, 0.1) is 0 Å². The standard InChI is InChI=1S/C10H15NS2/c1-8(10-11-6-7-12-10)13-9-4-2-3-5-9/h6-9H,2-5H2,1H3. The molecule has 13 heavy (non-hydrogen) atoms. The van der Waals surface area contributed by atoms with Crippen molar-refractivity contribution in [1.82, 2.24) is 4.98 Å². The molecule has 1 nitrogen and oxygen atoms in total. The molecule has 1 fully saturated rings. The van der Waals surface area contributed by atoms with E-state index in [-0.39, 0.29) is 0 Å². The molecule has 0 N–H and O–H groups in total. The molecular weight excluding hydrogens is 198 g/mol. The lowest BCUT2D eigenvalue weighted by Gasteiger charge is -2.13.